The number of rotatable bonds is 9. The molecule has 10 heteroatoms. The lowest BCUT2D eigenvalue weighted by Crippen LogP contribution is -2.41. The van der Waals surface area contributed by atoms with Crippen molar-refractivity contribution in [2.45, 2.75) is 13.8 Å². The van der Waals surface area contributed by atoms with Gasteiger partial charge in [-0.2, -0.15) is 0 Å². The van der Waals surface area contributed by atoms with Crippen LogP contribution in [0.1, 0.15) is 13.8 Å². The number of nitrogens with zero attached hydrogens (tertiary/aromatic N) is 3. The molecular formula is C26H27ClN4O4S. The molecule has 2 aromatic carbocycles. The molecule has 0 bridgehead atoms. The third-order valence-electron chi connectivity index (χ3n) is 5.68. The first kappa shape index (κ1) is 25.5. The molecule has 0 saturated carbocycles. The lowest BCUT2D eigenvalue weighted by molar-refractivity contribution is 0.199. The number of methoxy groups -OCH3 is 1. The molecule has 36 heavy (non-hydrogen) atoms. The zero-order chi connectivity index (χ0) is 25.7. The molecule has 4 aromatic rings. The smallest absolute Gasteiger partial charge is 0.317 e. The highest BCUT2D eigenvalue weighted by Crippen LogP contribution is 2.32. The van der Waals surface area contributed by atoms with Gasteiger partial charge in [0.05, 0.1) is 24.9 Å². The standard InChI is InChI=1S/C26H27ClN4O4S/c1-4-30(5-2)26(33)28-12-13-35-21-11-10-19(14-22(21)34-3)31-16-29-20-15-23(36-24(20)25(31)32)17-6-8-18(27)9-7-17/h6-11,14-16H,4-5,12-13H2,1-3H3,(H,28,33). The summed E-state index contributed by atoms with van der Waals surface area (Å²) in [7, 11) is 1.54. The van der Waals surface area contributed by atoms with Crippen LogP contribution in [0, 0.1) is 0 Å². The van der Waals surface area contributed by atoms with Crippen molar-refractivity contribution in [3.63, 3.8) is 0 Å². The van der Waals surface area contributed by atoms with Crippen LogP contribution in [-0.2, 0) is 0 Å². The number of carbonyl (C=O) groups excluding carboxylic acids is 1. The fourth-order valence-electron chi connectivity index (χ4n) is 3.72. The Kier molecular flexibility index (Phi) is 8.12. The second kappa shape index (κ2) is 11.5. The minimum atomic E-state index is -0.167. The van der Waals surface area contributed by atoms with E-state index in [1.165, 1.54) is 29.3 Å². The van der Waals surface area contributed by atoms with E-state index in [0.29, 0.717) is 52.1 Å². The summed E-state index contributed by atoms with van der Waals surface area (Å²) in [6.45, 7) is 5.79. The second-order valence-electron chi connectivity index (χ2n) is 7.84. The van der Waals surface area contributed by atoms with Crippen molar-refractivity contribution >= 4 is 39.2 Å². The number of halogens is 1. The van der Waals surface area contributed by atoms with Crippen LogP contribution < -0.4 is 20.3 Å². The lowest BCUT2D eigenvalue weighted by Gasteiger charge is -2.19. The van der Waals surface area contributed by atoms with Gasteiger partial charge in [0.15, 0.2) is 11.5 Å². The summed E-state index contributed by atoms with van der Waals surface area (Å²) in [5.74, 6) is 0.990. The topological polar surface area (TPSA) is 85.7 Å². The van der Waals surface area contributed by atoms with Crippen LogP contribution in [0.15, 0.2) is 59.7 Å². The van der Waals surface area contributed by atoms with Gasteiger partial charge >= 0.3 is 6.03 Å². The van der Waals surface area contributed by atoms with Crippen molar-refractivity contribution in [1.29, 1.82) is 0 Å². The van der Waals surface area contributed by atoms with Crippen molar-refractivity contribution in [3.05, 3.63) is 70.2 Å². The maximum Gasteiger partial charge on any atom is 0.317 e. The molecule has 0 aliphatic heterocycles. The van der Waals surface area contributed by atoms with Crippen molar-refractivity contribution in [3.8, 4) is 27.6 Å². The highest BCUT2D eigenvalue weighted by molar-refractivity contribution is 7.22. The van der Waals surface area contributed by atoms with Crippen LogP contribution in [0.4, 0.5) is 4.79 Å². The molecule has 0 unspecified atom stereocenters. The molecule has 0 aliphatic carbocycles. The van der Waals surface area contributed by atoms with E-state index in [0.717, 1.165) is 10.4 Å². The monoisotopic (exact) mass is 526 g/mol. The summed E-state index contributed by atoms with van der Waals surface area (Å²) in [5, 5.41) is 3.49. The van der Waals surface area contributed by atoms with Crippen molar-refractivity contribution < 1.29 is 14.3 Å². The molecule has 2 heterocycles. The molecule has 0 radical (unpaired) electrons. The van der Waals surface area contributed by atoms with Crippen LogP contribution in [0.3, 0.4) is 0 Å². The van der Waals surface area contributed by atoms with Gasteiger partial charge in [-0.25, -0.2) is 9.78 Å². The molecule has 2 aromatic heterocycles. The minimum absolute atomic E-state index is 0.124. The molecule has 8 nitrogen and oxygen atoms in total. The third kappa shape index (κ3) is 5.47. The number of hydrogen-bond donors (Lipinski definition) is 1. The lowest BCUT2D eigenvalue weighted by atomic mass is 10.2. The van der Waals surface area contributed by atoms with Gasteiger partial charge in [0.2, 0.25) is 0 Å². The Bertz CT molecular complexity index is 1410. The highest BCUT2D eigenvalue weighted by Gasteiger charge is 2.14. The van der Waals surface area contributed by atoms with E-state index >= 15 is 0 Å². The Labute approximate surface area is 218 Å². The van der Waals surface area contributed by atoms with Crippen molar-refractivity contribution in [2.24, 2.45) is 0 Å². The molecule has 1 N–H and O–H groups in total. The average Bonchev–Trinajstić information content (AvgIpc) is 3.33. The van der Waals surface area contributed by atoms with Crippen LogP contribution in [0.5, 0.6) is 11.5 Å². The Morgan fingerprint density at radius 1 is 1.11 bits per heavy atom. The number of fused-ring (bicyclic) bond motifs is 1. The number of benzene rings is 2. The van der Waals surface area contributed by atoms with Gasteiger partial charge < -0.3 is 19.7 Å². The van der Waals surface area contributed by atoms with Gasteiger partial charge in [0.1, 0.15) is 17.6 Å². The van der Waals surface area contributed by atoms with E-state index in [1.807, 2.05) is 44.2 Å². The molecule has 0 saturated heterocycles. The summed E-state index contributed by atoms with van der Waals surface area (Å²) in [6, 6.07) is 14.5. The predicted octanol–water partition coefficient (Wildman–Crippen LogP) is 5.21. The first-order valence-electron chi connectivity index (χ1n) is 11.6. The number of nitrogens with one attached hydrogen (secondary N) is 1. The number of ether oxygens (including phenoxy) is 2. The Morgan fingerprint density at radius 2 is 1.86 bits per heavy atom. The van der Waals surface area contributed by atoms with Gasteiger partial charge in [0, 0.05) is 29.1 Å². The van der Waals surface area contributed by atoms with Gasteiger partial charge in [0.25, 0.3) is 5.56 Å². The molecule has 4 rings (SSSR count). The fourth-order valence-corrected chi connectivity index (χ4v) is 4.89. The molecule has 188 valence electrons. The molecule has 0 fully saturated rings. The quantitative estimate of drug-likeness (QED) is 0.303. The van der Waals surface area contributed by atoms with E-state index in [-0.39, 0.29) is 18.2 Å². The third-order valence-corrected chi connectivity index (χ3v) is 7.09. The normalized spacial score (nSPS) is 10.9. The zero-order valence-corrected chi connectivity index (χ0v) is 21.9. The summed E-state index contributed by atoms with van der Waals surface area (Å²) < 4.78 is 13.3. The van der Waals surface area contributed by atoms with Crippen LogP contribution in [0.2, 0.25) is 5.02 Å². The van der Waals surface area contributed by atoms with E-state index in [2.05, 4.69) is 10.3 Å². The molecule has 2 amide bonds. The molecule has 0 atom stereocenters. The Morgan fingerprint density at radius 3 is 2.56 bits per heavy atom. The van der Waals surface area contributed by atoms with Gasteiger partial charge in [-0.15, -0.1) is 11.3 Å². The number of urea groups is 1. The second-order valence-corrected chi connectivity index (χ2v) is 9.33. The van der Waals surface area contributed by atoms with E-state index in [1.54, 1.807) is 23.1 Å². The highest BCUT2D eigenvalue weighted by atomic mass is 35.5. The van der Waals surface area contributed by atoms with Gasteiger partial charge in [-0.05, 0) is 49.7 Å². The molecule has 0 aliphatic rings. The summed E-state index contributed by atoms with van der Waals surface area (Å²) in [6.07, 6.45) is 1.51. The predicted molar refractivity (Wildman–Crippen MR) is 144 cm³/mol. The first-order chi connectivity index (χ1) is 17.4. The van der Waals surface area contributed by atoms with Crippen molar-refractivity contribution in [1.82, 2.24) is 19.8 Å². The fraction of sp³-hybridized carbons (Fsp3) is 0.269. The average molecular weight is 527 g/mol. The Balaban J connectivity index is 1.52. The van der Waals surface area contributed by atoms with E-state index in [9.17, 15) is 9.59 Å². The van der Waals surface area contributed by atoms with Crippen LogP contribution >= 0.6 is 22.9 Å². The maximum atomic E-state index is 13.3. The minimum Gasteiger partial charge on any atom is -0.493 e. The van der Waals surface area contributed by atoms with Gasteiger partial charge in [-0.1, -0.05) is 23.7 Å². The zero-order valence-electron chi connectivity index (χ0n) is 20.3. The molecule has 0 spiro atoms. The number of thiophene rings is 1. The van der Waals surface area contributed by atoms with Crippen LogP contribution in [-0.4, -0.2) is 53.8 Å². The summed E-state index contributed by atoms with van der Waals surface area (Å²) >= 11 is 7.39. The van der Waals surface area contributed by atoms with Gasteiger partial charge in [-0.3, -0.25) is 9.36 Å². The van der Waals surface area contributed by atoms with E-state index in [4.69, 9.17) is 21.1 Å². The number of amides is 2. The molecular weight excluding hydrogens is 500 g/mol. The van der Waals surface area contributed by atoms with Crippen LogP contribution in [0.25, 0.3) is 26.3 Å². The maximum absolute atomic E-state index is 13.3. The van der Waals surface area contributed by atoms with Crippen molar-refractivity contribution in [2.75, 3.05) is 33.4 Å². The summed E-state index contributed by atoms with van der Waals surface area (Å²) in [4.78, 5) is 32.5. The SMILES string of the molecule is CCN(CC)C(=O)NCCOc1ccc(-n2cnc3cc(-c4ccc(Cl)cc4)sc3c2=O)cc1OC. The number of aromatic nitrogens is 2. The number of carbonyl (C=O) groups is 1. The first-order valence-corrected chi connectivity index (χ1v) is 12.8. The summed E-state index contributed by atoms with van der Waals surface area (Å²) in [5.41, 5.74) is 2.06. The van der Waals surface area contributed by atoms with E-state index < -0.39 is 0 Å². The Hall–Kier alpha value is -3.56. The number of hydrogen-bond acceptors (Lipinski definition) is 6. The largest absolute Gasteiger partial charge is 0.493 e.